The predicted molar refractivity (Wildman–Crippen MR) is 101 cm³/mol. The Morgan fingerprint density at radius 2 is 1.92 bits per heavy atom. The summed E-state index contributed by atoms with van der Waals surface area (Å²) in [7, 11) is 0. The summed E-state index contributed by atoms with van der Waals surface area (Å²) in [6.07, 6.45) is 1.22. The third-order valence-corrected chi connectivity index (χ3v) is 5.22. The van der Waals surface area contributed by atoms with E-state index in [4.69, 9.17) is 9.72 Å². The lowest BCUT2D eigenvalue weighted by atomic mass is 10.1. The first kappa shape index (κ1) is 17.6. The van der Waals surface area contributed by atoms with Gasteiger partial charge in [-0.05, 0) is 73.9 Å². The van der Waals surface area contributed by atoms with Crippen molar-refractivity contribution in [3.8, 4) is 5.82 Å². The van der Waals surface area contributed by atoms with Crippen LogP contribution < -0.4 is 0 Å². The largest absolute Gasteiger partial charge is 0.370 e. The van der Waals surface area contributed by atoms with E-state index in [2.05, 4.69) is 71.3 Å². The van der Waals surface area contributed by atoms with E-state index in [-0.39, 0.29) is 6.10 Å². The average molecular weight is 392 g/mol. The van der Waals surface area contributed by atoms with E-state index in [0.29, 0.717) is 6.04 Å². The molecule has 130 valence electrons. The van der Waals surface area contributed by atoms with E-state index in [1.54, 1.807) is 0 Å². The van der Waals surface area contributed by atoms with Crippen LogP contribution in [0.15, 0.2) is 28.9 Å². The van der Waals surface area contributed by atoms with Gasteiger partial charge in [-0.1, -0.05) is 6.92 Å². The standard InChI is InChI=1S/C19H26BrN3O/c1-5-10-22-11-17(24-12-15(22)4)16-8-9-18(20)21-19(16)23-13(2)6-7-14(23)3/h6-9,15,17H,5,10-12H2,1-4H3/t15-,17?/m0/s1. The lowest BCUT2D eigenvalue weighted by Gasteiger charge is -2.38. The van der Waals surface area contributed by atoms with E-state index in [1.165, 1.54) is 17.8 Å². The zero-order valence-electron chi connectivity index (χ0n) is 14.9. The number of halogens is 1. The summed E-state index contributed by atoms with van der Waals surface area (Å²) in [5.41, 5.74) is 3.54. The quantitative estimate of drug-likeness (QED) is 0.722. The highest BCUT2D eigenvalue weighted by molar-refractivity contribution is 9.10. The SMILES string of the molecule is CCCN1CC(c2ccc(Br)nc2-n2c(C)ccc2C)OC[C@@H]1C. The molecule has 1 aliphatic rings. The Hall–Kier alpha value is -1.17. The highest BCUT2D eigenvalue weighted by Crippen LogP contribution is 2.31. The lowest BCUT2D eigenvalue weighted by Crippen LogP contribution is -2.45. The minimum absolute atomic E-state index is 0.0598. The molecule has 1 unspecified atom stereocenters. The van der Waals surface area contributed by atoms with Gasteiger partial charge in [-0.15, -0.1) is 0 Å². The maximum absolute atomic E-state index is 6.20. The summed E-state index contributed by atoms with van der Waals surface area (Å²) < 4.78 is 9.27. The van der Waals surface area contributed by atoms with Crippen LogP contribution in [0.2, 0.25) is 0 Å². The Kier molecular flexibility index (Phi) is 5.42. The number of pyridine rings is 1. The van der Waals surface area contributed by atoms with Gasteiger partial charge in [0.2, 0.25) is 0 Å². The molecular formula is C19H26BrN3O. The average Bonchev–Trinajstić information content (AvgIpc) is 2.88. The van der Waals surface area contributed by atoms with Crippen molar-refractivity contribution in [2.24, 2.45) is 0 Å². The predicted octanol–water partition coefficient (Wildman–Crippen LogP) is 4.42. The molecular weight excluding hydrogens is 366 g/mol. The minimum atomic E-state index is 0.0598. The van der Waals surface area contributed by atoms with Crippen LogP contribution >= 0.6 is 15.9 Å². The summed E-state index contributed by atoms with van der Waals surface area (Å²) in [6.45, 7) is 11.5. The molecule has 4 nitrogen and oxygen atoms in total. The molecule has 0 amide bonds. The van der Waals surface area contributed by atoms with E-state index in [0.717, 1.165) is 35.7 Å². The Morgan fingerprint density at radius 3 is 2.58 bits per heavy atom. The topological polar surface area (TPSA) is 30.3 Å². The van der Waals surface area contributed by atoms with Gasteiger partial charge in [0.05, 0.1) is 12.7 Å². The second-order valence-corrected chi connectivity index (χ2v) is 7.48. The van der Waals surface area contributed by atoms with Gasteiger partial charge < -0.3 is 9.30 Å². The van der Waals surface area contributed by atoms with Crippen molar-refractivity contribution >= 4 is 15.9 Å². The van der Waals surface area contributed by atoms with Crippen molar-refractivity contribution < 1.29 is 4.74 Å². The number of rotatable bonds is 4. The van der Waals surface area contributed by atoms with Gasteiger partial charge in [0.1, 0.15) is 10.4 Å². The second kappa shape index (κ2) is 7.38. The second-order valence-electron chi connectivity index (χ2n) is 6.66. The van der Waals surface area contributed by atoms with E-state index in [9.17, 15) is 0 Å². The van der Waals surface area contributed by atoms with Crippen LogP contribution in [0.1, 0.15) is 43.3 Å². The van der Waals surface area contributed by atoms with Crippen LogP contribution in [0, 0.1) is 13.8 Å². The van der Waals surface area contributed by atoms with Gasteiger partial charge in [0.25, 0.3) is 0 Å². The lowest BCUT2D eigenvalue weighted by molar-refractivity contribution is -0.0599. The van der Waals surface area contributed by atoms with Gasteiger partial charge in [0, 0.05) is 29.5 Å². The van der Waals surface area contributed by atoms with Crippen LogP contribution in [0.4, 0.5) is 0 Å². The van der Waals surface area contributed by atoms with E-state index in [1.807, 2.05) is 6.07 Å². The summed E-state index contributed by atoms with van der Waals surface area (Å²) in [5, 5.41) is 0. The first-order chi connectivity index (χ1) is 11.5. The maximum Gasteiger partial charge on any atom is 0.144 e. The molecule has 3 heterocycles. The van der Waals surface area contributed by atoms with Crippen molar-refractivity contribution in [1.29, 1.82) is 0 Å². The molecule has 0 aliphatic carbocycles. The highest BCUT2D eigenvalue weighted by Gasteiger charge is 2.29. The first-order valence-corrected chi connectivity index (χ1v) is 9.48. The van der Waals surface area contributed by atoms with Crippen molar-refractivity contribution in [1.82, 2.24) is 14.5 Å². The Bertz CT molecular complexity index is 693. The van der Waals surface area contributed by atoms with Gasteiger partial charge in [-0.25, -0.2) is 4.98 Å². The third-order valence-electron chi connectivity index (χ3n) is 4.77. The van der Waals surface area contributed by atoms with Crippen molar-refractivity contribution in [2.45, 2.75) is 46.3 Å². The van der Waals surface area contributed by atoms with Gasteiger partial charge >= 0.3 is 0 Å². The molecule has 1 aliphatic heterocycles. The van der Waals surface area contributed by atoms with Crippen LogP contribution in [0.25, 0.3) is 5.82 Å². The Morgan fingerprint density at radius 1 is 1.21 bits per heavy atom. The molecule has 3 rings (SSSR count). The molecule has 0 N–H and O–H groups in total. The molecule has 0 radical (unpaired) electrons. The van der Waals surface area contributed by atoms with Gasteiger partial charge in [-0.3, -0.25) is 4.90 Å². The molecule has 24 heavy (non-hydrogen) atoms. The normalized spacial score (nSPS) is 22.0. The molecule has 1 saturated heterocycles. The number of morpholine rings is 1. The Balaban J connectivity index is 2.00. The molecule has 0 spiro atoms. The molecule has 0 aromatic carbocycles. The number of nitrogens with zero attached hydrogens (tertiary/aromatic N) is 3. The van der Waals surface area contributed by atoms with Crippen LogP contribution in [-0.4, -0.2) is 40.2 Å². The Labute approximate surface area is 153 Å². The van der Waals surface area contributed by atoms with Crippen LogP contribution in [0.3, 0.4) is 0 Å². The molecule has 5 heteroatoms. The van der Waals surface area contributed by atoms with Gasteiger partial charge in [-0.2, -0.15) is 0 Å². The molecule has 2 aromatic heterocycles. The van der Waals surface area contributed by atoms with E-state index < -0.39 is 0 Å². The number of aryl methyl sites for hydroxylation is 2. The first-order valence-electron chi connectivity index (χ1n) is 8.68. The van der Waals surface area contributed by atoms with E-state index >= 15 is 0 Å². The van der Waals surface area contributed by atoms with Crippen LogP contribution in [-0.2, 0) is 4.74 Å². The summed E-state index contributed by atoms with van der Waals surface area (Å²) in [6, 6.07) is 8.90. The fourth-order valence-electron chi connectivity index (χ4n) is 3.46. The minimum Gasteiger partial charge on any atom is -0.370 e. The highest BCUT2D eigenvalue weighted by atomic mass is 79.9. The number of ether oxygens (including phenoxy) is 1. The molecule has 1 fully saturated rings. The zero-order chi connectivity index (χ0) is 17.3. The third kappa shape index (κ3) is 3.44. The van der Waals surface area contributed by atoms with Crippen molar-refractivity contribution in [2.75, 3.05) is 19.7 Å². The monoisotopic (exact) mass is 391 g/mol. The summed E-state index contributed by atoms with van der Waals surface area (Å²) in [4.78, 5) is 7.31. The van der Waals surface area contributed by atoms with Crippen molar-refractivity contribution in [3.05, 3.63) is 45.8 Å². The maximum atomic E-state index is 6.20. The summed E-state index contributed by atoms with van der Waals surface area (Å²) >= 11 is 3.53. The van der Waals surface area contributed by atoms with Gasteiger partial charge in [0.15, 0.2) is 0 Å². The van der Waals surface area contributed by atoms with Crippen molar-refractivity contribution in [3.63, 3.8) is 0 Å². The molecule has 0 bridgehead atoms. The zero-order valence-corrected chi connectivity index (χ0v) is 16.5. The molecule has 2 atom stereocenters. The summed E-state index contributed by atoms with van der Waals surface area (Å²) in [5.74, 6) is 0.973. The fraction of sp³-hybridized carbons (Fsp3) is 0.526. The number of aromatic nitrogens is 2. The fourth-order valence-corrected chi connectivity index (χ4v) is 3.76. The molecule has 2 aromatic rings. The number of hydrogen-bond donors (Lipinski definition) is 0. The molecule has 0 saturated carbocycles. The number of hydrogen-bond acceptors (Lipinski definition) is 3. The van der Waals surface area contributed by atoms with Crippen LogP contribution in [0.5, 0.6) is 0 Å². The smallest absolute Gasteiger partial charge is 0.144 e.